The fourth-order valence-corrected chi connectivity index (χ4v) is 2.13. The first-order valence-electron chi connectivity index (χ1n) is 7.70. The molecule has 0 saturated heterocycles. The molecule has 1 unspecified atom stereocenters. The molecular formula is C16H26N2O5. The van der Waals surface area contributed by atoms with Gasteiger partial charge >= 0.3 is 6.09 Å². The standard InChI is InChI=1S/C16H26N2O5/c1-7-21-14-11(5)12(17-16(19)23-10(3)4)9-13(18-20-6)15(14)22-8-2/h9-10,15H,7-8H2,1-6H3,(H,17,19). The SMILES string of the molecule is CCOC1=C(C)C(NC(=O)OC(C)C)=CC(=NOC)C1OCC. The normalized spacial score (nSPS) is 19.7. The number of alkyl carbamates (subject to hydrolysis) is 1. The summed E-state index contributed by atoms with van der Waals surface area (Å²) in [7, 11) is 1.45. The molecule has 1 rings (SSSR count). The van der Waals surface area contributed by atoms with Crippen LogP contribution < -0.4 is 5.32 Å². The minimum atomic E-state index is -0.534. The summed E-state index contributed by atoms with van der Waals surface area (Å²) in [6.45, 7) is 10.2. The molecule has 0 aromatic heterocycles. The van der Waals surface area contributed by atoms with E-state index in [0.717, 1.165) is 5.57 Å². The van der Waals surface area contributed by atoms with Crippen LogP contribution in [0.2, 0.25) is 0 Å². The van der Waals surface area contributed by atoms with Crippen LogP contribution >= 0.6 is 0 Å². The maximum Gasteiger partial charge on any atom is 0.411 e. The second-order valence-corrected chi connectivity index (χ2v) is 5.09. The smallest absolute Gasteiger partial charge is 0.411 e. The van der Waals surface area contributed by atoms with Crippen LogP contribution in [0.15, 0.2) is 28.3 Å². The number of hydrogen-bond acceptors (Lipinski definition) is 6. The highest BCUT2D eigenvalue weighted by Gasteiger charge is 2.31. The van der Waals surface area contributed by atoms with Crippen molar-refractivity contribution in [3.8, 4) is 0 Å². The highest BCUT2D eigenvalue weighted by Crippen LogP contribution is 2.26. The van der Waals surface area contributed by atoms with E-state index >= 15 is 0 Å². The molecule has 1 N–H and O–H groups in total. The first-order valence-corrected chi connectivity index (χ1v) is 7.70. The second-order valence-electron chi connectivity index (χ2n) is 5.09. The van der Waals surface area contributed by atoms with Crippen LogP contribution in [-0.2, 0) is 19.0 Å². The zero-order chi connectivity index (χ0) is 17.4. The molecule has 0 saturated carbocycles. The third-order valence-corrected chi connectivity index (χ3v) is 2.98. The van der Waals surface area contributed by atoms with Crippen LogP contribution in [0.3, 0.4) is 0 Å². The van der Waals surface area contributed by atoms with Gasteiger partial charge in [0.2, 0.25) is 0 Å². The van der Waals surface area contributed by atoms with Gasteiger partial charge in [-0.1, -0.05) is 5.16 Å². The zero-order valence-corrected chi connectivity index (χ0v) is 14.6. The summed E-state index contributed by atoms with van der Waals surface area (Å²) in [4.78, 5) is 16.7. The monoisotopic (exact) mass is 326 g/mol. The van der Waals surface area contributed by atoms with Crippen LogP contribution in [0, 0.1) is 0 Å². The van der Waals surface area contributed by atoms with E-state index in [0.29, 0.717) is 30.4 Å². The Morgan fingerprint density at radius 3 is 2.57 bits per heavy atom. The topological polar surface area (TPSA) is 78.4 Å². The quantitative estimate of drug-likeness (QED) is 0.728. The van der Waals surface area contributed by atoms with Gasteiger partial charge in [0.05, 0.1) is 18.4 Å². The molecule has 1 aliphatic carbocycles. The van der Waals surface area contributed by atoms with Crippen molar-refractivity contribution in [2.75, 3.05) is 20.3 Å². The molecule has 7 heteroatoms. The molecule has 23 heavy (non-hydrogen) atoms. The van der Waals surface area contributed by atoms with Crippen molar-refractivity contribution in [2.24, 2.45) is 5.16 Å². The minimum Gasteiger partial charge on any atom is -0.495 e. The van der Waals surface area contributed by atoms with E-state index in [2.05, 4.69) is 10.5 Å². The van der Waals surface area contributed by atoms with Crippen molar-refractivity contribution in [3.63, 3.8) is 0 Å². The molecule has 0 aromatic carbocycles. The summed E-state index contributed by atoms with van der Waals surface area (Å²) in [5, 5.41) is 6.69. The lowest BCUT2D eigenvalue weighted by atomic mass is 9.98. The Labute approximate surface area is 137 Å². The predicted molar refractivity (Wildman–Crippen MR) is 87.0 cm³/mol. The Morgan fingerprint density at radius 1 is 1.35 bits per heavy atom. The first-order chi connectivity index (χ1) is 10.9. The first kappa shape index (κ1) is 19.0. The summed E-state index contributed by atoms with van der Waals surface area (Å²) >= 11 is 0. The molecular weight excluding hydrogens is 300 g/mol. The van der Waals surface area contributed by atoms with Crippen molar-refractivity contribution in [2.45, 2.75) is 46.8 Å². The van der Waals surface area contributed by atoms with Gasteiger partial charge in [-0.2, -0.15) is 0 Å². The van der Waals surface area contributed by atoms with Crippen molar-refractivity contribution < 1.29 is 23.8 Å². The Kier molecular flexibility index (Phi) is 7.61. The van der Waals surface area contributed by atoms with Gasteiger partial charge in [0.15, 0.2) is 6.10 Å². The molecule has 0 aromatic rings. The molecule has 1 atom stereocenters. The van der Waals surface area contributed by atoms with Crippen LogP contribution in [-0.4, -0.2) is 44.3 Å². The van der Waals surface area contributed by atoms with Gasteiger partial charge in [0.1, 0.15) is 18.6 Å². The lowest BCUT2D eigenvalue weighted by Gasteiger charge is -2.27. The number of carbonyl (C=O) groups is 1. The summed E-state index contributed by atoms with van der Waals surface area (Å²) in [5.41, 5.74) is 1.83. The van der Waals surface area contributed by atoms with Gasteiger partial charge in [-0.25, -0.2) is 4.79 Å². The second kappa shape index (κ2) is 9.19. The molecule has 1 aliphatic rings. The van der Waals surface area contributed by atoms with Crippen molar-refractivity contribution in [1.29, 1.82) is 0 Å². The van der Waals surface area contributed by atoms with Crippen LogP contribution in [0.1, 0.15) is 34.6 Å². The van der Waals surface area contributed by atoms with E-state index in [9.17, 15) is 4.79 Å². The van der Waals surface area contributed by atoms with Crippen molar-refractivity contribution >= 4 is 11.8 Å². The number of oxime groups is 1. The number of nitrogens with one attached hydrogen (secondary N) is 1. The van der Waals surface area contributed by atoms with E-state index in [1.54, 1.807) is 19.9 Å². The van der Waals surface area contributed by atoms with E-state index in [1.165, 1.54) is 7.11 Å². The molecule has 0 spiro atoms. The highest BCUT2D eigenvalue weighted by atomic mass is 16.6. The number of allylic oxidation sites excluding steroid dienone is 1. The van der Waals surface area contributed by atoms with Gasteiger partial charge in [-0.3, -0.25) is 5.32 Å². The Bertz CT molecular complexity index is 509. The molecule has 0 bridgehead atoms. The average Bonchev–Trinajstić information content (AvgIpc) is 2.47. The number of carbonyl (C=O) groups excluding carboxylic acids is 1. The maximum absolute atomic E-state index is 11.9. The van der Waals surface area contributed by atoms with Crippen molar-refractivity contribution in [1.82, 2.24) is 5.32 Å². The average molecular weight is 326 g/mol. The number of amides is 1. The molecule has 0 heterocycles. The Balaban J connectivity index is 3.14. The van der Waals surface area contributed by atoms with Crippen LogP contribution in [0.25, 0.3) is 0 Å². The molecule has 0 aliphatic heterocycles. The molecule has 1 amide bonds. The fraction of sp³-hybridized carbons (Fsp3) is 0.625. The summed E-state index contributed by atoms with van der Waals surface area (Å²) < 4.78 is 16.5. The number of nitrogens with zero attached hydrogens (tertiary/aromatic N) is 1. The number of rotatable bonds is 7. The highest BCUT2D eigenvalue weighted by molar-refractivity contribution is 6.03. The van der Waals surface area contributed by atoms with Gasteiger partial charge < -0.3 is 19.0 Å². The van der Waals surface area contributed by atoms with E-state index in [-0.39, 0.29) is 6.10 Å². The predicted octanol–water partition coefficient (Wildman–Crippen LogP) is 2.74. The molecule has 0 radical (unpaired) electrons. The Morgan fingerprint density at radius 2 is 2.04 bits per heavy atom. The minimum absolute atomic E-state index is 0.210. The van der Waals surface area contributed by atoms with Gasteiger partial charge in [-0.05, 0) is 40.7 Å². The summed E-state index contributed by atoms with van der Waals surface area (Å²) in [5.74, 6) is 0.604. The number of hydrogen-bond donors (Lipinski definition) is 1. The van der Waals surface area contributed by atoms with Crippen LogP contribution in [0.4, 0.5) is 4.79 Å². The Hall–Kier alpha value is -2.02. The maximum atomic E-state index is 11.9. The summed E-state index contributed by atoms with van der Waals surface area (Å²) in [6, 6.07) is 0. The summed E-state index contributed by atoms with van der Waals surface area (Å²) in [6.07, 6.45) is 0.487. The van der Waals surface area contributed by atoms with Gasteiger partial charge in [0, 0.05) is 12.2 Å². The third-order valence-electron chi connectivity index (χ3n) is 2.98. The van der Waals surface area contributed by atoms with Gasteiger partial charge in [0.25, 0.3) is 0 Å². The van der Waals surface area contributed by atoms with E-state index in [1.807, 2.05) is 20.8 Å². The largest absolute Gasteiger partial charge is 0.495 e. The van der Waals surface area contributed by atoms with E-state index in [4.69, 9.17) is 19.0 Å². The lowest BCUT2D eigenvalue weighted by molar-refractivity contribution is 0.0712. The number of ether oxygens (including phenoxy) is 3. The van der Waals surface area contributed by atoms with Gasteiger partial charge in [-0.15, -0.1) is 0 Å². The third kappa shape index (κ3) is 5.28. The van der Waals surface area contributed by atoms with Crippen LogP contribution in [0.5, 0.6) is 0 Å². The zero-order valence-electron chi connectivity index (χ0n) is 14.6. The lowest BCUT2D eigenvalue weighted by Crippen LogP contribution is -2.36. The molecule has 7 nitrogen and oxygen atoms in total. The molecule has 130 valence electrons. The fourth-order valence-electron chi connectivity index (χ4n) is 2.13. The van der Waals surface area contributed by atoms with Crippen molar-refractivity contribution in [3.05, 3.63) is 23.1 Å². The molecule has 0 fully saturated rings. The van der Waals surface area contributed by atoms with E-state index < -0.39 is 12.2 Å².